The van der Waals surface area contributed by atoms with E-state index in [9.17, 15) is 29.1 Å². The molecule has 3 atom stereocenters. The normalized spacial score (nSPS) is 19.1. The Hall–Kier alpha value is -5.57. The minimum Gasteiger partial charge on any atom is -0.497 e. The molecule has 14 heteroatoms. The summed E-state index contributed by atoms with van der Waals surface area (Å²) in [4.78, 5) is 69.7. The molecule has 2 fully saturated rings. The van der Waals surface area contributed by atoms with Crippen LogP contribution in [0.2, 0.25) is 0 Å². The van der Waals surface area contributed by atoms with Gasteiger partial charge in [0.1, 0.15) is 29.4 Å². The van der Waals surface area contributed by atoms with Gasteiger partial charge in [0, 0.05) is 31.0 Å². The van der Waals surface area contributed by atoms with Gasteiger partial charge in [0.25, 0.3) is 17.4 Å². The number of methoxy groups -OCH3 is 2. The first-order valence-electron chi connectivity index (χ1n) is 15.8. The lowest BCUT2D eigenvalue weighted by Gasteiger charge is -2.37. The van der Waals surface area contributed by atoms with Gasteiger partial charge in [0.2, 0.25) is 0 Å². The molecule has 3 heterocycles. The number of benzene rings is 3. The average Bonchev–Trinajstić information content (AvgIpc) is 3.66. The maximum absolute atomic E-state index is 13.3. The summed E-state index contributed by atoms with van der Waals surface area (Å²) < 4.78 is 25.1. The van der Waals surface area contributed by atoms with E-state index in [2.05, 4.69) is 4.98 Å². The zero-order valence-corrected chi connectivity index (χ0v) is 27.5. The van der Waals surface area contributed by atoms with Gasteiger partial charge in [-0.3, -0.25) is 23.9 Å². The number of rotatable bonds is 11. The van der Waals surface area contributed by atoms with Gasteiger partial charge in [-0.05, 0) is 60.0 Å². The van der Waals surface area contributed by atoms with Crippen LogP contribution in [-0.2, 0) is 29.5 Å². The van der Waals surface area contributed by atoms with Crippen molar-refractivity contribution >= 4 is 17.8 Å². The molecule has 1 aromatic heterocycles. The highest BCUT2D eigenvalue weighted by molar-refractivity contribution is 6.02. The molecule has 0 radical (unpaired) electrons. The molecule has 0 saturated carbocycles. The summed E-state index contributed by atoms with van der Waals surface area (Å²) in [6, 6.07) is 20.6. The topological polar surface area (TPSA) is 176 Å². The largest absolute Gasteiger partial charge is 0.497 e. The summed E-state index contributed by atoms with van der Waals surface area (Å²) in [5, 5.41) is 11.6. The third kappa shape index (κ3) is 6.55. The minimum absolute atomic E-state index is 0.0371. The summed E-state index contributed by atoms with van der Waals surface area (Å²) >= 11 is 0. The lowest BCUT2D eigenvalue weighted by molar-refractivity contribution is -0.172. The molecule has 260 valence electrons. The number of nitrogens with zero attached hydrogens (tertiary/aromatic N) is 2. The number of aliphatic hydroxyl groups excluding tert-OH is 1. The molecular weight excluding hydrogens is 650 g/mol. The van der Waals surface area contributed by atoms with Crippen LogP contribution >= 0.6 is 0 Å². The van der Waals surface area contributed by atoms with Crippen LogP contribution in [-0.4, -0.2) is 70.5 Å². The van der Waals surface area contributed by atoms with Gasteiger partial charge < -0.3 is 28.9 Å². The number of aryl methyl sites for hydroxylation is 1. The number of aromatic nitrogens is 2. The molecule has 4 aromatic rings. The quantitative estimate of drug-likeness (QED) is 0.175. The minimum atomic E-state index is -1.47. The highest BCUT2D eigenvalue weighted by Gasteiger charge is 2.43. The molecule has 6 rings (SSSR count). The van der Waals surface area contributed by atoms with Gasteiger partial charge >= 0.3 is 11.7 Å². The Bertz CT molecular complexity index is 1960. The average molecular weight is 686 g/mol. The van der Waals surface area contributed by atoms with Crippen LogP contribution in [0.1, 0.15) is 58.1 Å². The van der Waals surface area contributed by atoms with Crippen LogP contribution in [0.5, 0.6) is 11.5 Å². The van der Waals surface area contributed by atoms with Gasteiger partial charge in [-0.1, -0.05) is 36.4 Å². The number of hydrogen-bond acceptors (Lipinski definition) is 11. The zero-order chi connectivity index (χ0) is 35.6. The molecule has 0 aliphatic carbocycles. The Morgan fingerprint density at radius 2 is 1.50 bits per heavy atom. The maximum atomic E-state index is 13.3. The molecule has 2 aliphatic heterocycles. The third-order valence-electron chi connectivity index (χ3n) is 8.80. The first kappa shape index (κ1) is 34.3. The number of nitrogens with one attached hydrogen (secondary N) is 1. The molecule has 50 heavy (non-hydrogen) atoms. The second kappa shape index (κ2) is 14.1. The van der Waals surface area contributed by atoms with Crippen molar-refractivity contribution in [3.05, 3.63) is 128 Å². The Morgan fingerprint density at radius 1 is 0.900 bits per heavy atom. The van der Waals surface area contributed by atoms with Gasteiger partial charge in [-0.25, -0.2) is 9.59 Å². The molecule has 0 bridgehead atoms. The van der Waals surface area contributed by atoms with E-state index in [1.807, 2.05) is 0 Å². The lowest BCUT2D eigenvalue weighted by Crippen LogP contribution is -2.38. The van der Waals surface area contributed by atoms with Crippen molar-refractivity contribution in [2.75, 3.05) is 20.8 Å². The van der Waals surface area contributed by atoms with E-state index in [0.29, 0.717) is 38.8 Å². The molecule has 0 spiro atoms. The monoisotopic (exact) mass is 685 g/mol. The van der Waals surface area contributed by atoms with Gasteiger partial charge in [0.15, 0.2) is 0 Å². The van der Waals surface area contributed by atoms with E-state index in [1.165, 1.54) is 31.0 Å². The fraction of sp³-hybridized carbons (Fsp3) is 0.306. The number of hydroxylamine groups is 2. The van der Waals surface area contributed by atoms with E-state index in [4.69, 9.17) is 23.8 Å². The van der Waals surface area contributed by atoms with Crippen LogP contribution < -0.4 is 20.7 Å². The van der Waals surface area contributed by atoms with E-state index in [0.717, 1.165) is 0 Å². The van der Waals surface area contributed by atoms with Crippen LogP contribution in [0.4, 0.5) is 0 Å². The van der Waals surface area contributed by atoms with Crippen molar-refractivity contribution in [1.29, 1.82) is 0 Å². The zero-order valence-electron chi connectivity index (χ0n) is 27.5. The fourth-order valence-electron chi connectivity index (χ4n) is 6.10. The van der Waals surface area contributed by atoms with Crippen LogP contribution in [0.25, 0.3) is 0 Å². The Balaban J connectivity index is 1.42. The number of aliphatic hydroxyl groups is 1. The molecule has 2 aliphatic rings. The smallest absolute Gasteiger partial charge is 0.363 e. The Morgan fingerprint density at radius 3 is 2.08 bits per heavy atom. The maximum Gasteiger partial charge on any atom is 0.363 e. The molecule has 2 N–H and O–H groups in total. The van der Waals surface area contributed by atoms with E-state index in [-0.39, 0.29) is 31.4 Å². The van der Waals surface area contributed by atoms with Crippen molar-refractivity contribution in [3.8, 4) is 11.5 Å². The summed E-state index contributed by atoms with van der Waals surface area (Å²) in [5.41, 5.74) is -0.652. The van der Waals surface area contributed by atoms with E-state index >= 15 is 0 Å². The number of ether oxygens (including phenoxy) is 4. The Labute approximate surface area is 285 Å². The summed E-state index contributed by atoms with van der Waals surface area (Å²) in [7, 11) is 3.08. The molecular formula is C36H35N3O11. The number of carbonyl (C=O) groups is 3. The molecule has 0 unspecified atom stereocenters. The van der Waals surface area contributed by atoms with E-state index < -0.39 is 53.1 Å². The van der Waals surface area contributed by atoms with Crippen LogP contribution in [0.15, 0.2) is 88.6 Å². The number of hydrogen-bond donors (Lipinski definition) is 2. The SMILES string of the molecule is COc1ccc(C(OC[C@H]2O[C@@H](n3cc(C)c(=O)[nH]c3=O)C[C@@H]2O)(c2ccc(OC)cc2)c2cccc(C(=O)ON3C(=O)CCC3=O)c2)cc1. The Kier molecular flexibility index (Phi) is 9.68. The first-order valence-corrected chi connectivity index (χ1v) is 15.8. The van der Waals surface area contributed by atoms with Crippen molar-refractivity contribution < 1.29 is 43.3 Å². The number of aromatic amines is 1. The van der Waals surface area contributed by atoms with Gasteiger partial charge in [-0.15, -0.1) is 5.06 Å². The highest BCUT2D eigenvalue weighted by atomic mass is 16.7. The second-order valence-corrected chi connectivity index (χ2v) is 11.9. The van der Waals surface area contributed by atoms with Crippen molar-refractivity contribution in [2.24, 2.45) is 0 Å². The summed E-state index contributed by atoms with van der Waals surface area (Å²) in [6.45, 7) is 1.36. The van der Waals surface area contributed by atoms with E-state index in [1.54, 1.807) is 73.7 Å². The number of H-pyrrole nitrogens is 1. The summed E-state index contributed by atoms with van der Waals surface area (Å²) in [6.07, 6.45) is -1.53. The standard InChI is InChI=1S/C36H35N3O11/c1-21-19-38(35(45)37-33(21)43)32-18-28(40)29(49-32)20-48-36(23-7-11-26(46-2)12-8-23,24-9-13-27(47-3)14-10-24)25-6-4-5-22(17-25)34(44)50-39-30(41)15-16-31(39)42/h4-14,17,19,28-29,32,40H,15-16,18,20H2,1-3H3,(H,37,43,45)/t28-,29+,32+/m0/s1. The predicted molar refractivity (Wildman–Crippen MR) is 175 cm³/mol. The van der Waals surface area contributed by atoms with Crippen molar-refractivity contribution in [2.45, 2.75) is 50.2 Å². The second-order valence-electron chi connectivity index (χ2n) is 11.9. The van der Waals surface area contributed by atoms with Crippen molar-refractivity contribution in [3.63, 3.8) is 0 Å². The first-order chi connectivity index (χ1) is 24.0. The summed E-state index contributed by atoms with van der Waals surface area (Å²) in [5.74, 6) is -0.988. The number of amides is 2. The lowest BCUT2D eigenvalue weighted by atomic mass is 9.79. The predicted octanol–water partition coefficient (Wildman–Crippen LogP) is 2.74. The fourth-order valence-corrected chi connectivity index (χ4v) is 6.10. The molecule has 3 aromatic carbocycles. The van der Waals surface area contributed by atoms with Gasteiger partial charge in [-0.2, -0.15) is 0 Å². The number of imide groups is 1. The van der Waals surface area contributed by atoms with Crippen LogP contribution in [0, 0.1) is 6.92 Å². The highest BCUT2D eigenvalue weighted by Crippen LogP contribution is 2.43. The van der Waals surface area contributed by atoms with Gasteiger partial charge in [0.05, 0.1) is 32.5 Å². The molecule has 14 nitrogen and oxygen atoms in total. The number of carbonyl (C=O) groups excluding carboxylic acids is 3. The molecule has 2 amide bonds. The van der Waals surface area contributed by atoms with Crippen LogP contribution in [0.3, 0.4) is 0 Å². The molecule has 2 saturated heterocycles. The van der Waals surface area contributed by atoms with Crippen molar-refractivity contribution in [1.82, 2.24) is 14.6 Å². The third-order valence-corrected chi connectivity index (χ3v) is 8.80.